The van der Waals surface area contributed by atoms with E-state index < -0.39 is 18.1 Å². The molecule has 3 atom stereocenters. The zero-order chi connectivity index (χ0) is 12.8. The molecule has 0 aromatic heterocycles. The Morgan fingerprint density at radius 3 is 2.82 bits per heavy atom. The number of nitrogens with one attached hydrogen (secondary N) is 2. The molecule has 1 aliphatic heterocycles. The minimum absolute atomic E-state index is 0.195. The molecule has 6 nitrogen and oxygen atoms in total. The molecule has 0 aliphatic carbocycles. The summed E-state index contributed by atoms with van der Waals surface area (Å²) in [5.74, 6) is -0.653. The molecule has 2 N–H and O–H groups in total. The summed E-state index contributed by atoms with van der Waals surface area (Å²) in [6, 6.07) is -1.01. The SMILES string of the molecule is CCC(NC(=O)[C@H]1NCCO[C@@H]1C)C(=O)OC. The Labute approximate surface area is 101 Å². The van der Waals surface area contributed by atoms with Gasteiger partial charge in [-0.05, 0) is 13.3 Å². The third kappa shape index (κ3) is 3.67. The quantitative estimate of drug-likeness (QED) is 0.648. The maximum Gasteiger partial charge on any atom is 0.328 e. The molecule has 0 saturated carbocycles. The number of hydrogen-bond donors (Lipinski definition) is 2. The molecule has 1 aliphatic rings. The fraction of sp³-hybridized carbons (Fsp3) is 0.818. The first-order valence-corrected chi connectivity index (χ1v) is 5.83. The van der Waals surface area contributed by atoms with E-state index in [4.69, 9.17) is 4.74 Å². The summed E-state index contributed by atoms with van der Waals surface area (Å²) in [6.45, 7) is 4.88. The van der Waals surface area contributed by atoms with Crippen molar-refractivity contribution < 1.29 is 19.1 Å². The molecular weight excluding hydrogens is 224 g/mol. The number of hydrogen-bond acceptors (Lipinski definition) is 5. The van der Waals surface area contributed by atoms with Crippen LogP contribution in [0.2, 0.25) is 0 Å². The van der Waals surface area contributed by atoms with Gasteiger partial charge in [-0.25, -0.2) is 4.79 Å². The highest BCUT2D eigenvalue weighted by molar-refractivity contribution is 5.87. The summed E-state index contributed by atoms with van der Waals surface area (Å²) < 4.78 is 9.99. The predicted octanol–water partition coefficient (Wildman–Crippen LogP) is -0.569. The average Bonchev–Trinajstić information content (AvgIpc) is 2.35. The van der Waals surface area contributed by atoms with E-state index in [1.807, 2.05) is 13.8 Å². The Morgan fingerprint density at radius 1 is 1.59 bits per heavy atom. The highest BCUT2D eigenvalue weighted by Gasteiger charge is 2.30. The molecule has 6 heteroatoms. The maximum absolute atomic E-state index is 11.9. The molecule has 1 heterocycles. The molecule has 1 rings (SSSR count). The number of rotatable bonds is 4. The van der Waals surface area contributed by atoms with Crippen LogP contribution < -0.4 is 10.6 Å². The van der Waals surface area contributed by atoms with Gasteiger partial charge in [-0.2, -0.15) is 0 Å². The smallest absolute Gasteiger partial charge is 0.328 e. The number of amides is 1. The second-order valence-electron chi connectivity index (χ2n) is 4.00. The molecule has 98 valence electrons. The van der Waals surface area contributed by atoms with Gasteiger partial charge in [-0.15, -0.1) is 0 Å². The van der Waals surface area contributed by atoms with Crippen molar-refractivity contribution in [2.24, 2.45) is 0 Å². The summed E-state index contributed by atoms with van der Waals surface area (Å²) in [7, 11) is 1.31. The lowest BCUT2D eigenvalue weighted by Gasteiger charge is -2.30. The van der Waals surface area contributed by atoms with Gasteiger partial charge in [-0.3, -0.25) is 4.79 Å². The van der Waals surface area contributed by atoms with E-state index in [0.29, 0.717) is 19.6 Å². The number of esters is 1. The molecule has 1 fully saturated rings. The zero-order valence-corrected chi connectivity index (χ0v) is 10.5. The number of methoxy groups -OCH3 is 1. The van der Waals surface area contributed by atoms with Crippen molar-refractivity contribution in [1.29, 1.82) is 0 Å². The summed E-state index contributed by atoms with van der Waals surface area (Å²) in [6.07, 6.45) is 0.305. The first-order chi connectivity index (χ1) is 8.10. The fourth-order valence-corrected chi connectivity index (χ4v) is 1.76. The molecule has 0 bridgehead atoms. The first kappa shape index (κ1) is 13.9. The van der Waals surface area contributed by atoms with Crippen LogP contribution in [0.25, 0.3) is 0 Å². The second-order valence-corrected chi connectivity index (χ2v) is 4.00. The number of carbonyl (C=O) groups excluding carboxylic acids is 2. The lowest BCUT2D eigenvalue weighted by atomic mass is 10.1. The largest absolute Gasteiger partial charge is 0.467 e. The zero-order valence-electron chi connectivity index (χ0n) is 10.5. The van der Waals surface area contributed by atoms with Crippen LogP contribution in [-0.2, 0) is 19.1 Å². The van der Waals surface area contributed by atoms with Crippen molar-refractivity contribution >= 4 is 11.9 Å². The maximum atomic E-state index is 11.9. The van der Waals surface area contributed by atoms with Gasteiger partial charge in [0.15, 0.2) is 0 Å². The molecule has 1 saturated heterocycles. The van der Waals surface area contributed by atoms with Gasteiger partial charge in [0.25, 0.3) is 0 Å². The molecule has 0 aromatic carbocycles. The van der Waals surface area contributed by atoms with Crippen LogP contribution in [0.4, 0.5) is 0 Å². The molecule has 0 spiro atoms. The number of morpholine rings is 1. The summed E-state index contributed by atoms with van der Waals surface area (Å²) >= 11 is 0. The van der Waals surface area contributed by atoms with Gasteiger partial charge in [-0.1, -0.05) is 6.92 Å². The van der Waals surface area contributed by atoms with E-state index in [1.54, 1.807) is 0 Å². The molecular formula is C11H20N2O4. The van der Waals surface area contributed by atoms with Crippen LogP contribution in [0.1, 0.15) is 20.3 Å². The molecule has 17 heavy (non-hydrogen) atoms. The van der Waals surface area contributed by atoms with E-state index in [1.165, 1.54) is 7.11 Å². The van der Waals surface area contributed by atoms with Gasteiger partial charge in [0.2, 0.25) is 5.91 Å². The molecule has 0 radical (unpaired) electrons. The van der Waals surface area contributed by atoms with E-state index in [2.05, 4.69) is 15.4 Å². The molecule has 1 unspecified atom stereocenters. The van der Waals surface area contributed by atoms with Gasteiger partial charge in [0.05, 0.1) is 19.8 Å². The van der Waals surface area contributed by atoms with Crippen molar-refractivity contribution in [3.05, 3.63) is 0 Å². The highest BCUT2D eigenvalue weighted by Crippen LogP contribution is 2.05. The Kier molecular flexibility index (Phi) is 5.37. The van der Waals surface area contributed by atoms with Gasteiger partial charge in [0.1, 0.15) is 12.1 Å². The van der Waals surface area contributed by atoms with Crippen molar-refractivity contribution in [2.45, 2.75) is 38.5 Å². The van der Waals surface area contributed by atoms with Crippen LogP contribution in [-0.4, -0.2) is 50.3 Å². The normalized spacial score (nSPS) is 26.1. The highest BCUT2D eigenvalue weighted by atomic mass is 16.5. The minimum Gasteiger partial charge on any atom is -0.467 e. The monoisotopic (exact) mass is 244 g/mol. The first-order valence-electron chi connectivity index (χ1n) is 5.83. The van der Waals surface area contributed by atoms with E-state index in [-0.39, 0.29) is 12.0 Å². The van der Waals surface area contributed by atoms with Gasteiger partial charge < -0.3 is 20.1 Å². The third-order valence-corrected chi connectivity index (χ3v) is 2.81. The van der Waals surface area contributed by atoms with Crippen LogP contribution in [0.5, 0.6) is 0 Å². The third-order valence-electron chi connectivity index (χ3n) is 2.81. The number of ether oxygens (including phenoxy) is 2. The Morgan fingerprint density at radius 2 is 2.29 bits per heavy atom. The van der Waals surface area contributed by atoms with Crippen molar-refractivity contribution in [3.63, 3.8) is 0 Å². The second kappa shape index (κ2) is 6.56. The van der Waals surface area contributed by atoms with Crippen LogP contribution >= 0.6 is 0 Å². The molecule has 0 aromatic rings. The Balaban J connectivity index is 2.54. The topological polar surface area (TPSA) is 76.7 Å². The summed E-state index contributed by atoms with van der Waals surface area (Å²) in [4.78, 5) is 23.3. The lowest BCUT2D eigenvalue weighted by Crippen LogP contribution is -2.58. The van der Waals surface area contributed by atoms with E-state index in [9.17, 15) is 9.59 Å². The van der Waals surface area contributed by atoms with E-state index >= 15 is 0 Å². The van der Waals surface area contributed by atoms with Crippen LogP contribution in [0.15, 0.2) is 0 Å². The summed E-state index contributed by atoms with van der Waals surface area (Å²) in [5.41, 5.74) is 0. The van der Waals surface area contributed by atoms with Gasteiger partial charge >= 0.3 is 5.97 Å². The van der Waals surface area contributed by atoms with Crippen LogP contribution in [0, 0.1) is 0 Å². The van der Waals surface area contributed by atoms with Gasteiger partial charge in [0, 0.05) is 6.54 Å². The lowest BCUT2D eigenvalue weighted by molar-refractivity contribution is -0.146. The standard InChI is InChI=1S/C11H20N2O4/c1-4-8(11(15)16-3)13-10(14)9-7(2)17-6-5-12-9/h7-9,12H,4-6H2,1-3H3,(H,13,14)/t7-,8?,9+/m1/s1. The minimum atomic E-state index is -0.594. The number of carbonyl (C=O) groups is 2. The van der Waals surface area contributed by atoms with Crippen molar-refractivity contribution in [3.8, 4) is 0 Å². The van der Waals surface area contributed by atoms with Crippen molar-refractivity contribution in [1.82, 2.24) is 10.6 Å². The fourth-order valence-electron chi connectivity index (χ4n) is 1.76. The van der Waals surface area contributed by atoms with Crippen LogP contribution in [0.3, 0.4) is 0 Å². The average molecular weight is 244 g/mol. The van der Waals surface area contributed by atoms with E-state index in [0.717, 1.165) is 0 Å². The van der Waals surface area contributed by atoms with Crippen molar-refractivity contribution in [2.75, 3.05) is 20.3 Å². The Hall–Kier alpha value is -1.14. The predicted molar refractivity (Wildman–Crippen MR) is 61.4 cm³/mol. The summed E-state index contributed by atoms with van der Waals surface area (Å²) in [5, 5.41) is 5.73. The Bertz CT molecular complexity index is 283. The molecule has 1 amide bonds.